The summed E-state index contributed by atoms with van der Waals surface area (Å²) in [5.74, 6) is 2.69. The Kier molecular flexibility index (Phi) is 2.29. The van der Waals surface area contributed by atoms with Gasteiger partial charge in [-0.25, -0.2) is 4.79 Å². The van der Waals surface area contributed by atoms with Crippen molar-refractivity contribution in [3.8, 4) is 0 Å². The second-order valence-corrected chi connectivity index (χ2v) is 2.59. The first-order chi connectivity index (χ1) is 5.24. The molecule has 2 heteroatoms. The molecule has 11 heavy (non-hydrogen) atoms. The Balaban J connectivity index is 2.79. The smallest absolute Gasteiger partial charge is 0.123 e. The van der Waals surface area contributed by atoms with Gasteiger partial charge in [0.1, 0.15) is 11.7 Å². The number of hydrogen-bond donors (Lipinski definition) is 0. The maximum atomic E-state index is 10.1. The second-order valence-electron chi connectivity index (χ2n) is 2.59. The van der Waals surface area contributed by atoms with E-state index in [2.05, 4.69) is 0 Å². The molecule has 58 valence electrons. The topological polar surface area (TPSA) is 30.2 Å². The molecule has 0 aliphatic heterocycles. The summed E-state index contributed by atoms with van der Waals surface area (Å²) in [4.78, 5) is 10.1. The van der Waals surface area contributed by atoms with Crippen molar-refractivity contribution >= 4 is 5.94 Å². The molecule has 2 nitrogen and oxygen atoms in total. The largest absolute Gasteiger partial charge is 0.469 e. The summed E-state index contributed by atoms with van der Waals surface area (Å²) in [5.41, 5.74) is 1.75. The van der Waals surface area contributed by atoms with E-state index >= 15 is 0 Å². The van der Waals surface area contributed by atoms with Crippen LogP contribution in [0.2, 0.25) is 0 Å². The van der Waals surface area contributed by atoms with Crippen LogP contribution >= 0.6 is 0 Å². The zero-order chi connectivity index (χ0) is 8.27. The van der Waals surface area contributed by atoms with Gasteiger partial charge in [0.25, 0.3) is 0 Å². The highest BCUT2D eigenvalue weighted by Crippen LogP contribution is 2.11. The van der Waals surface area contributed by atoms with Crippen LogP contribution in [-0.4, -0.2) is 5.94 Å². The summed E-state index contributed by atoms with van der Waals surface area (Å²) in [5, 5.41) is 0. The third-order valence-electron chi connectivity index (χ3n) is 1.57. The standard InChI is InChI=1S/C9H10O2/c1-7(6-10)5-9-8(2)3-4-11-9/h3-4H,5H2,1-2H3. The maximum absolute atomic E-state index is 10.1. The average molecular weight is 150 g/mol. The van der Waals surface area contributed by atoms with Gasteiger partial charge in [0.2, 0.25) is 0 Å². The first-order valence-corrected chi connectivity index (χ1v) is 3.47. The molecule has 1 aromatic rings. The van der Waals surface area contributed by atoms with E-state index in [-0.39, 0.29) is 0 Å². The third kappa shape index (κ3) is 1.82. The quantitative estimate of drug-likeness (QED) is 0.603. The predicted octanol–water partition coefficient (Wildman–Crippen LogP) is 1.91. The van der Waals surface area contributed by atoms with Crippen molar-refractivity contribution in [2.75, 3.05) is 0 Å². The molecule has 0 aliphatic rings. The maximum Gasteiger partial charge on any atom is 0.123 e. The number of furan rings is 1. The van der Waals surface area contributed by atoms with Crippen molar-refractivity contribution in [3.63, 3.8) is 0 Å². The average Bonchev–Trinajstić information content (AvgIpc) is 2.37. The van der Waals surface area contributed by atoms with Gasteiger partial charge < -0.3 is 4.42 Å². The van der Waals surface area contributed by atoms with Crippen LogP contribution in [0.4, 0.5) is 0 Å². The van der Waals surface area contributed by atoms with Crippen LogP contribution in [0.25, 0.3) is 0 Å². The molecule has 0 unspecified atom stereocenters. The second kappa shape index (κ2) is 3.22. The monoisotopic (exact) mass is 150 g/mol. The van der Waals surface area contributed by atoms with Crippen LogP contribution in [-0.2, 0) is 11.2 Å². The molecular formula is C9H10O2. The molecule has 0 saturated heterocycles. The Labute approximate surface area is 65.5 Å². The van der Waals surface area contributed by atoms with Gasteiger partial charge in [-0.05, 0) is 25.5 Å². The zero-order valence-electron chi connectivity index (χ0n) is 6.68. The van der Waals surface area contributed by atoms with E-state index in [0.29, 0.717) is 12.0 Å². The molecular weight excluding hydrogens is 140 g/mol. The molecule has 0 aromatic carbocycles. The zero-order valence-corrected chi connectivity index (χ0v) is 6.68. The van der Waals surface area contributed by atoms with Crippen LogP contribution in [0, 0.1) is 6.92 Å². The van der Waals surface area contributed by atoms with E-state index in [4.69, 9.17) is 4.42 Å². The van der Waals surface area contributed by atoms with Gasteiger partial charge in [0, 0.05) is 12.0 Å². The SMILES string of the molecule is CC(=C=O)Cc1occc1C. The Hall–Kier alpha value is -1.27. The molecule has 0 atom stereocenters. The Bertz CT molecular complexity index is 290. The lowest BCUT2D eigenvalue weighted by atomic mass is 10.1. The number of carbonyl (C=O) groups excluding carboxylic acids is 1. The molecule has 0 radical (unpaired) electrons. The van der Waals surface area contributed by atoms with Gasteiger partial charge >= 0.3 is 0 Å². The lowest BCUT2D eigenvalue weighted by molar-refractivity contribution is 0.515. The summed E-state index contributed by atoms with van der Waals surface area (Å²) in [6.45, 7) is 3.70. The number of aryl methyl sites for hydroxylation is 1. The van der Waals surface area contributed by atoms with Crippen LogP contribution in [0.15, 0.2) is 22.3 Å². The summed E-state index contributed by atoms with van der Waals surface area (Å²) >= 11 is 0. The van der Waals surface area contributed by atoms with Crippen molar-refractivity contribution < 1.29 is 9.21 Å². The van der Waals surface area contributed by atoms with E-state index in [1.807, 2.05) is 18.9 Å². The molecule has 0 bridgehead atoms. The van der Waals surface area contributed by atoms with Crippen LogP contribution in [0.1, 0.15) is 18.2 Å². The molecule has 1 rings (SSSR count). The first kappa shape index (κ1) is 7.83. The number of hydrogen-bond acceptors (Lipinski definition) is 2. The van der Waals surface area contributed by atoms with Crippen molar-refractivity contribution in [1.82, 2.24) is 0 Å². The first-order valence-electron chi connectivity index (χ1n) is 3.47. The summed E-state index contributed by atoms with van der Waals surface area (Å²) < 4.78 is 5.14. The normalized spacial score (nSPS) is 9.27. The van der Waals surface area contributed by atoms with Gasteiger partial charge in [0.15, 0.2) is 0 Å². The Morgan fingerprint density at radius 3 is 2.91 bits per heavy atom. The minimum Gasteiger partial charge on any atom is -0.469 e. The van der Waals surface area contributed by atoms with Gasteiger partial charge in [-0.15, -0.1) is 0 Å². The Morgan fingerprint density at radius 2 is 2.45 bits per heavy atom. The molecule has 1 heterocycles. The minimum absolute atomic E-state index is 0.572. The molecule has 1 aromatic heterocycles. The van der Waals surface area contributed by atoms with Crippen molar-refractivity contribution in [2.24, 2.45) is 0 Å². The Morgan fingerprint density at radius 1 is 1.73 bits per heavy atom. The van der Waals surface area contributed by atoms with E-state index in [1.54, 1.807) is 13.2 Å². The third-order valence-corrected chi connectivity index (χ3v) is 1.57. The van der Waals surface area contributed by atoms with Gasteiger partial charge in [0.05, 0.1) is 6.26 Å². The lowest BCUT2D eigenvalue weighted by Crippen LogP contribution is -1.86. The van der Waals surface area contributed by atoms with Crippen molar-refractivity contribution in [1.29, 1.82) is 0 Å². The highest BCUT2D eigenvalue weighted by Gasteiger charge is 2.02. The fourth-order valence-electron chi connectivity index (χ4n) is 0.862. The van der Waals surface area contributed by atoms with E-state index in [1.165, 1.54) is 0 Å². The summed E-state index contributed by atoms with van der Waals surface area (Å²) in [6, 6.07) is 1.88. The van der Waals surface area contributed by atoms with Gasteiger partial charge in [-0.2, -0.15) is 0 Å². The van der Waals surface area contributed by atoms with Crippen LogP contribution in [0.5, 0.6) is 0 Å². The van der Waals surface area contributed by atoms with Crippen molar-refractivity contribution in [3.05, 3.63) is 29.2 Å². The molecule has 0 amide bonds. The van der Waals surface area contributed by atoms with Crippen molar-refractivity contribution in [2.45, 2.75) is 20.3 Å². The highest BCUT2D eigenvalue weighted by molar-refractivity contribution is 5.52. The predicted molar refractivity (Wildman–Crippen MR) is 42.0 cm³/mol. The molecule has 0 saturated carbocycles. The number of rotatable bonds is 2. The number of allylic oxidation sites excluding steroid dienone is 1. The van der Waals surface area contributed by atoms with Crippen LogP contribution in [0.3, 0.4) is 0 Å². The molecule has 0 spiro atoms. The fourth-order valence-corrected chi connectivity index (χ4v) is 0.862. The minimum atomic E-state index is 0.572. The van der Waals surface area contributed by atoms with Gasteiger partial charge in [-0.1, -0.05) is 0 Å². The van der Waals surface area contributed by atoms with Gasteiger partial charge in [-0.3, -0.25) is 0 Å². The lowest BCUT2D eigenvalue weighted by Gasteiger charge is -1.93. The summed E-state index contributed by atoms with van der Waals surface area (Å²) in [6.07, 6.45) is 2.20. The molecule has 0 aliphatic carbocycles. The van der Waals surface area contributed by atoms with E-state index in [0.717, 1.165) is 11.3 Å². The fraction of sp³-hybridized carbons (Fsp3) is 0.333. The highest BCUT2D eigenvalue weighted by atomic mass is 16.3. The van der Waals surface area contributed by atoms with E-state index in [9.17, 15) is 4.79 Å². The van der Waals surface area contributed by atoms with E-state index < -0.39 is 0 Å². The molecule has 0 fully saturated rings. The summed E-state index contributed by atoms with van der Waals surface area (Å²) in [7, 11) is 0. The van der Waals surface area contributed by atoms with Crippen LogP contribution < -0.4 is 0 Å². The molecule has 0 N–H and O–H groups in total.